The number of rotatable bonds is 5. The number of nitrogens with one attached hydrogen (secondary N) is 1. The van der Waals surface area contributed by atoms with Crippen LogP contribution in [-0.4, -0.2) is 35.8 Å². The number of carbonyl (C=O) groups is 2. The van der Waals surface area contributed by atoms with Gasteiger partial charge in [0, 0.05) is 36.6 Å². The van der Waals surface area contributed by atoms with E-state index in [4.69, 9.17) is 11.6 Å². The van der Waals surface area contributed by atoms with Gasteiger partial charge in [0.15, 0.2) is 0 Å². The lowest BCUT2D eigenvalue weighted by molar-refractivity contribution is -0.131. The van der Waals surface area contributed by atoms with E-state index in [0.29, 0.717) is 29.7 Å². The molecule has 2 rings (SSSR count). The first-order chi connectivity index (χ1) is 11.1. The van der Waals surface area contributed by atoms with Gasteiger partial charge in [-0.1, -0.05) is 43.4 Å². The van der Waals surface area contributed by atoms with Crippen molar-refractivity contribution in [2.24, 2.45) is 0 Å². The smallest absolute Gasteiger partial charge is 0.251 e. The van der Waals surface area contributed by atoms with Crippen molar-refractivity contribution in [1.82, 2.24) is 10.2 Å². The van der Waals surface area contributed by atoms with Crippen molar-refractivity contribution >= 4 is 23.4 Å². The second-order valence-corrected chi connectivity index (χ2v) is 6.56. The largest absolute Gasteiger partial charge is 0.350 e. The summed E-state index contributed by atoms with van der Waals surface area (Å²) in [5.74, 6) is -0.0641. The predicted octanol–water partition coefficient (Wildman–Crippen LogP) is 3.64. The highest BCUT2D eigenvalue weighted by atomic mass is 35.5. The van der Waals surface area contributed by atoms with Crippen molar-refractivity contribution in [3.8, 4) is 0 Å². The summed E-state index contributed by atoms with van der Waals surface area (Å²) in [7, 11) is 0. The summed E-state index contributed by atoms with van der Waals surface area (Å²) >= 11 is 5.90. The lowest BCUT2D eigenvalue weighted by Gasteiger charge is -2.30. The van der Waals surface area contributed by atoms with E-state index in [1.54, 1.807) is 31.2 Å². The molecule has 1 aliphatic carbocycles. The fraction of sp³-hybridized carbons (Fsp3) is 0.556. The molecule has 0 radical (unpaired) electrons. The van der Waals surface area contributed by atoms with Crippen LogP contribution in [0, 0.1) is 0 Å². The van der Waals surface area contributed by atoms with Gasteiger partial charge in [-0.2, -0.15) is 0 Å². The first-order valence-electron chi connectivity index (χ1n) is 8.39. The van der Waals surface area contributed by atoms with Gasteiger partial charge < -0.3 is 10.2 Å². The lowest BCUT2D eigenvalue weighted by Crippen LogP contribution is -2.43. The third-order valence-corrected chi connectivity index (χ3v) is 4.63. The fourth-order valence-electron chi connectivity index (χ4n) is 3.19. The van der Waals surface area contributed by atoms with E-state index < -0.39 is 0 Å². The molecule has 0 aliphatic heterocycles. The highest BCUT2D eigenvalue weighted by molar-refractivity contribution is 6.30. The first kappa shape index (κ1) is 17.8. The molecular weight excluding hydrogens is 312 g/mol. The molecular formula is C18H25ClN2O2. The minimum Gasteiger partial charge on any atom is -0.350 e. The molecule has 1 aromatic carbocycles. The van der Waals surface area contributed by atoms with Gasteiger partial charge in [-0.15, -0.1) is 0 Å². The maximum absolute atomic E-state index is 12.1. The Hall–Kier alpha value is -1.55. The van der Waals surface area contributed by atoms with Crippen molar-refractivity contribution in [2.45, 2.75) is 51.5 Å². The summed E-state index contributed by atoms with van der Waals surface area (Å²) in [6, 6.07) is 7.19. The molecule has 1 fully saturated rings. The van der Waals surface area contributed by atoms with Gasteiger partial charge in [-0.3, -0.25) is 9.59 Å². The van der Waals surface area contributed by atoms with Crippen molar-refractivity contribution in [2.75, 3.05) is 13.1 Å². The van der Waals surface area contributed by atoms with E-state index in [-0.39, 0.29) is 11.8 Å². The lowest BCUT2D eigenvalue weighted by atomic mass is 10.1. The van der Waals surface area contributed by atoms with E-state index >= 15 is 0 Å². The number of benzene rings is 1. The van der Waals surface area contributed by atoms with Crippen LogP contribution in [0.25, 0.3) is 0 Å². The molecule has 0 saturated heterocycles. The zero-order valence-corrected chi connectivity index (χ0v) is 14.4. The van der Waals surface area contributed by atoms with E-state index in [1.807, 2.05) is 4.90 Å². The van der Waals surface area contributed by atoms with Gasteiger partial charge in [-0.05, 0) is 31.0 Å². The summed E-state index contributed by atoms with van der Waals surface area (Å²) in [5, 5.41) is 3.42. The molecule has 1 saturated carbocycles. The topological polar surface area (TPSA) is 49.4 Å². The standard InChI is InChI=1S/C18H25ClN2O2/c1-14(22)21(17-9-4-2-3-5-10-17)12-11-20-18(23)15-7-6-8-16(19)13-15/h6-8,13,17H,2-5,9-12H2,1H3,(H,20,23). The summed E-state index contributed by atoms with van der Waals surface area (Å²) in [4.78, 5) is 26.0. The van der Waals surface area contributed by atoms with E-state index in [0.717, 1.165) is 12.8 Å². The Labute approximate surface area is 143 Å². The predicted molar refractivity (Wildman–Crippen MR) is 92.7 cm³/mol. The van der Waals surface area contributed by atoms with Gasteiger partial charge in [0.05, 0.1) is 0 Å². The number of hydrogen-bond donors (Lipinski definition) is 1. The maximum atomic E-state index is 12.1. The van der Waals surface area contributed by atoms with E-state index in [2.05, 4.69) is 5.32 Å². The average Bonchev–Trinajstić information content (AvgIpc) is 2.80. The Morgan fingerprint density at radius 3 is 2.52 bits per heavy atom. The maximum Gasteiger partial charge on any atom is 0.251 e. The van der Waals surface area contributed by atoms with Gasteiger partial charge in [-0.25, -0.2) is 0 Å². The second kappa shape index (κ2) is 8.92. The Bertz CT molecular complexity index is 540. The monoisotopic (exact) mass is 336 g/mol. The Kier molecular flexibility index (Phi) is 6.90. The zero-order valence-electron chi connectivity index (χ0n) is 13.7. The fourth-order valence-corrected chi connectivity index (χ4v) is 3.38. The molecule has 5 heteroatoms. The third-order valence-electron chi connectivity index (χ3n) is 4.40. The average molecular weight is 337 g/mol. The molecule has 0 atom stereocenters. The van der Waals surface area contributed by atoms with Crippen LogP contribution < -0.4 is 5.32 Å². The van der Waals surface area contributed by atoms with Crippen molar-refractivity contribution < 1.29 is 9.59 Å². The van der Waals surface area contributed by atoms with Crippen LogP contribution in [0.1, 0.15) is 55.8 Å². The van der Waals surface area contributed by atoms with Crippen molar-refractivity contribution in [3.63, 3.8) is 0 Å². The molecule has 1 aliphatic rings. The molecule has 4 nitrogen and oxygen atoms in total. The van der Waals surface area contributed by atoms with Gasteiger partial charge in [0.25, 0.3) is 5.91 Å². The molecule has 0 bridgehead atoms. The minimum atomic E-state index is -0.156. The summed E-state index contributed by atoms with van der Waals surface area (Å²) < 4.78 is 0. The summed E-state index contributed by atoms with van der Waals surface area (Å²) in [6.07, 6.45) is 7.03. The Morgan fingerprint density at radius 2 is 1.91 bits per heavy atom. The molecule has 2 amide bonds. The molecule has 0 unspecified atom stereocenters. The van der Waals surface area contributed by atoms with E-state index in [1.165, 1.54) is 25.7 Å². The SMILES string of the molecule is CC(=O)N(CCNC(=O)c1cccc(Cl)c1)C1CCCCCC1. The normalized spacial score (nSPS) is 15.7. The summed E-state index contributed by atoms with van der Waals surface area (Å²) in [5.41, 5.74) is 0.543. The Morgan fingerprint density at radius 1 is 1.22 bits per heavy atom. The Balaban J connectivity index is 1.86. The quantitative estimate of drug-likeness (QED) is 0.834. The van der Waals surface area contributed by atoms with Crippen LogP contribution >= 0.6 is 11.6 Å². The molecule has 0 aromatic heterocycles. The van der Waals surface area contributed by atoms with Crippen molar-refractivity contribution in [1.29, 1.82) is 0 Å². The number of halogens is 1. The molecule has 126 valence electrons. The molecule has 1 aromatic rings. The van der Waals surface area contributed by atoms with Gasteiger partial charge in [0.1, 0.15) is 0 Å². The second-order valence-electron chi connectivity index (χ2n) is 6.12. The van der Waals surface area contributed by atoms with Crippen LogP contribution in [0.5, 0.6) is 0 Å². The minimum absolute atomic E-state index is 0.0916. The molecule has 23 heavy (non-hydrogen) atoms. The highest BCUT2D eigenvalue weighted by Gasteiger charge is 2.22. The number of hydrogen-bond acceptors (Lipinski definition) is 2. The van der Waals surface area contributed by atoms with Gasteiger partial charge in [0.2, 0.25) is 5.91 Å². The number of carbonyl (C=O) groups excluding carboxylic acids is 2. The molecule has 1 N–H and O–H groups in total. The number of nitrogens with zero attached hydrogens (tertiary/aromatic N) is 1. The number of amides is 2. The van der Waals surface area contributed by atoms with E-state index in [9.17, 15) is 9.59 Å². The third kappa shape index (κ3) is 5.54. The van der Waals surface area contributed by atoms with Crippen LogP contribution in [0.15, 0.2) is 24.3 Å². The molecule has 0 heterocycles. The zero-order chi connectivity index (χ0) is 16.7. The van der Waals surface area contributed by atoms with Crippen LogP contribution in [-0.2, 0) is 4.79 Å². The van der Waals surface area contributed by atoms with Crippen LogP contribution in [0.3, 0.4) is 0 Å². The first-order valence-corrected chi connectivity index (χ1v) is 8.76. The molecule has 0 spiro atoms. The van der Waals surface area contributed by atoms with Gasteiger partial charge >= 0.3 is 0 Å². The van der Waals surface area contributed by atoms with Crippen LogP contribution in [0.4, 0.5) is 0 Å². The summed E-state index contributed by atoms with van der Waals surface area (Å²) in [6.45, 7) is 2.64. The highest BCUT2D eigenvalue weighted by Crippen LogP contribution is 2.21. The van der Waals surface area contributed by atoms with Crippen molar-refractivity contribution in [3.05, 3.63) is 34.9 Å². The van der Waals surface area contributed by atoms with Crippen LogP contribution in [0.2, 0.25) is 5.02 Å².